The molecule has 2 amide bonds. The number of hydrogen-bond acceptors (Lipinski definition) is 3. The molecule has 0 bridgehead atoms. The molecule has 6 heteroatoms. The molecule has 0 radical (unpaired) electrons. The molecular weight excluding hydrogens is 442 g/mol. The third kappa shape index (κ3) is 6.08. The number of rotatable bonds is 10. The molecule has 4 rings (SSSR count). The minimum absolute atomic E-state index is 0.0308. The molecule has 3 aromatic carbocycles. The minimum Gasteiger partial charge on any atom is -0.355 e. The zero-order valence-corrected chi connectivity index (χ0v) is 20.1. The van der Waals surface area contributed by atoms with E-state index >= 15 is 0 Å². The maximum absolute atomic E-state index is 12.5. The average Bonchev–Trinajstić information content (AvgIpc) is 3.21. The van der Waals surface area contributed by atoms with Gasteiger partial charge in [0.15, 0.2) is 0 Å². The fourth-order valence-corrected chi connectivity index (χ4v) is 4.83. The van der Waals surface area contributed by atoms with E-state index in [0.29, 0.717) is 31.0 Å². The molecule has 0 atom stereocenters. The van der Waals surface area contributed by atoms with E-state index in [1.807, 2.05) is 61.5 Å². The Kier molecular flexibility index (Phi) is 8.04. The van der Waals surface area contributed by atoms with E-state index in [2.05, 4.69) is 45.7 Å². The highest BCUT2D eigenvalue weighted by Crippen LogP contribution is 2.29. The number of aryl methyl sites for hydroxylation is 1. The fourth-order valence-electron chi connectivity index (χ4n) is 3.91. The summed E-state index contributed by atoms with van der Waals surface area (Å²) in [4.78, 5) is 26.0. The SMILES string of the molecule is Cc1ccccc1C(=O)NCCn1cc(SCC(=O)NCCc2ccccc2)c2ccccc21. The first-order valence-electron chi connectivity index (χ1n) is 11.5. The van der Waals surface area contributed by atoms with Crippen molar-refractivity contribution in [2.24, 2.45) is 0 Å². The second-order valence-corrected chi connectivity index (χ2v) is 9.17. The molecule has 0 saturated heterocycles. The molecule has 0 aliphatic rings. The van der Waals surface area contributed by atoms with E-state index in [-0.39, 0.29) is 11.8 Å². The summed E-state index contributed by atoms with van der Waals surface area (Å²) in [5, 5.41) is 7.15. The topological polar surface area (TPSA) is 63.1 Å². The Hall–Kier alpha value is -3.51. The smallest absolute Gasteiger partial charge is 0.251 e. The van der Waals surface area contributed by atoms with E-state index in [9.17, 15) is 9.59 Å². The zero-order valence-electron chi connectivity index (χ0n) is 19.3. The van der Waals surface area contributed by atoms with Crippen molar-refractivity contribution in [3.05, 3.63) is 102 Å². The molecule has 0 aliphatic heterocycles. The lowest BCUT2D eigenvalue weighted by Crippen LogP contribution is -2.27. The van der Waals surface area contributed by atoms with Gasteiger partial charge < -0.3 is 15.2 Å². The highest BCUT2D eigenvalue weighted by molar-refractivity contribution is 8.00. The van der Waals surface area contributed by atoms with Crippen LogP contribution in [-0.4, -0.2) is 35.2 Å². The van der Waals surface area contributed by atoms with Crippen molar-refractivity contribution in [1.29, 1.82) is 0 Å². The van der Waals surface area contributed by atoms with Crippen LogP contribution in [0.3, 0.4) is 0 Å². The molecular formula is C28H29N3O2S. The van der Waals surface area contributed by atoms with Crippen LogP contribution < -0.4 is 10.6 Å². The van der Waals surface area contributed by atoms with Crippen molar-refractivity contribution in [2.45, 2.75) is 24.8 Å². The van der Waals surface area contributed by atoms with Gasteiger partial charge in [0.2, 0.25) is 5.91 Å². The lowest BCUT2D eigenvalue weighted by Gasteiger charge is -2.09. The first-order chi connectivity index (χ1) is 16.6. The van der Waals surface area contributed by atoms with Crippen molar-refractivity contribution in [3.63, 3.8) is 0 Å². The van der Waals surface area contributed by atoms with Crippen molar-refractivity contribution in [2.75, 3.05) is 18.8 Å². The molecule has 0 aliphatic carbocycles. The van der Waals surface area contributed by atoms with Crippen molar-refractivity contribution in [1.82, 2.24) is 15.2 Å². The first-order valence-corrected chi connectivity index (χ1v) is 12.5. The first kappa shape index (κ1) is 23.6. The Morgan fingerprint density at radius 2 is 1.59 bits per heavy atom. The third-order valence-electron chi connectivity index (χ3n) is 5.72. The van der Waals surface area contributed by atoms with Crippen LogP contribution in [0.4, 0.5) is 0 Å². The standard InChI is InChI=1S/C28H29N3O2S/c1-21-9-5-6-12-23(21)28(33)30-17-18-31-19-26(24-13-7-8-14-25(24)31)34-20-27(32)29-16-15-22-10-3-2-4-11-22/h2-14,19H,15-18,20H2,1H3,(H,29,32)(H,30,33). The molecule has 0 unspecified atom stereocenters. The van der Waals surface area contributed by atoms with Gasteiger partial charge in [-0.1, -0.05) is 66.7 Å². The maximum atomic E-state index is 12.5. The summed E-state index contributed by atoms with van der Waals surface area (Å²) in [5.41, 5.74) is 3.98. The zero-order chi connectivity index (χ0) is 23.8. The predicted octanol–water partition coefficient (Wildman–Crippen LogP) is 4.83. The normalized spacial score (nSPS) is 10.9. The van der Waals surface area contributed by atoms with Gasteiger partial charge in [0.1, 0.15) is 0 Å². The van der Waals surface area contributed by atoms with Gasteiger partial charge in [0.05, 0.1) is 5.75 Å². The number of fused-ring (bicyclic) bond motifs is 1. The van der Waals surface area contributed by atoms with E-state index in [1.165, 1.54) is 5.56 Å². The van der Waals surface area contributed by atoms with E-state index in [1.54, 1.807) is 11.8 Å². The number of nitrogens with zero attached hydrogens (tertiary/aromatic N) is 1. The molecule has 2 N–H and O–H groups in total. The maximum Gasteiger partial charge on any atom is 0.251 e. The molecule has 1 aromatic heterocycles. The molecule has 1 heterocycles. The Morgan fingerprint density at radius 1 is 0.853 bits per heavy atom. The van der Waals surface area contributed by atoms with Crippen LogP contribution in [0, 0.1) is 6.92 Å². The van der Waals surface area contributed by atoms with Gasteiger partial charge in [-0.2, -0.15) is 0 Å². The van der Waals surface area contributed by atoms with Gasteiger partial charge in [0, 0.05) is 47.2 Å². The number of carbonyl (C=O) groups excluding carboxylic acids is 2. The molecule has 34 heavy (non-hydrogen) atoms. The number of benzene rings is 3. The average molecular weight is 472 g/mol. The molecule has 5 nitrogen and oxygen atoms in total. The van der Waals surface area contributed by atoms with Crippen LogP contribution in [0.2, 0.25) is 0 Å². The van der Waals surface area contributed by atoms with Crippen LogP contribution in [0.25, 0.3) is 10.9 Å². The summed E-state index contributed by atoms with van der Waals surface area (Å²) < 4.78 is 2.14. The van der Waals surface area contributed by atoms with Gasteiger partial charge in [-0.15, -0.1) is 11.8 Å². The van der Waals surface area contributed by atoms with E-state index in [4.69, 9.17) is 0 Å². The summed E-state index contributed by atoms with van der Waals surface area (Å²) in [6.07, 6.45) is 2.90. The van der Waals surface area contributed by atoms with Crippen molar-refractivity contribution >= 4 is 34.5 Å². The van der Waals surface area contributed by atoms with Crippen LogP contribution in [-0.2, 0) is 17.8 Å². The van der Waals surface area contributed by atoms with Gasteiger partial charge in [-0.3, -0.25) is 9.59 Å². The van der Waals surface area contributed by atoms with Crippen molar-refractivity contribution < 1.29 is 9.59 Å². The van der Waals surface area contributed by atoms with Gasteiger partial charge >= 0.3 is 0 Å². The van der Waals surface area contributed by atoms with Gasteiger partial charge in [0.25, 0.3) is 5.91 Å². The molecule has 0 spiro atoms. The minimum atomic E-state index is -0.0590. The highest BCUT2D eigenvalue weighted by Gasteiger charge is 2.12. The number of nitrogens with one attached hydrogen (secondary N) is 2. The Balaban J connectivity index is 1.32. The van der Waals surface area contributed by atoms with Crippen LogP contribution in [0.5, 0.6) is 0 Å². The van der Waals surface area contributed by atoms with Crippen LogP contribution in [0.1, 0.15) is 21.5 Å². The van der Waals surface area contributed by atoms with Gasteiger partial charge in [-0.05, 0) is 36.6 Å². The predicted molar refractivity (Wildman–Crippen MR) is 139 cm³/mol. The second-order valence-electron chi connectivity index (χ2n) is 8.15. The third-order valence-corrected chi connectivity index (χ3v) is 6.76. The number of thioether (sulfide) groups is 1. The highest BCUT2D eigenvalue weighted by atomic mass is 32.2. The number of carbonyl (C=O) groups is 2. The molecule has 0 fully saturated rings. The summed E-state index contributed by atoms with van der Waals surface area (Å²) in [7, 11) is 0. The van der Waals surface area contributed by atoms with Crippen molar-refractivity contribution in [3.8, 4) is 0 Å². The molecule has 4 aromatic rings. The number of amides is 2. The molecule has 0 saturated carbocycles. The number of aromatic nitrogens is 1. The quantitative estimate of drug-likeness (QED) is 0.326. The van der Waals surface area contributed by atoms with Crippen LogP contribution >= 0.6 is 11.8 Å². The monoisotopic (exact) mass is 471 g/mol. The lowest BCUT2D eigenvalue weighted by atomic mass is 10.1. The molecule has 174 valence electrons. The summed E-state index contributed by atoms with van der Waals surface area (Å²) in [6.45, 7) is 3.75. The second kappa shape index (κ2) is 11.6. The Labute approximate surface area is 204 Å². The van der Waals surface area contributed by atoms with Crippen LogP contribution in [0.15, 0.2) is 90.0 Å². The summed E-state index contributed by atoms with van der Waals surface area (Å²) >= 11 is 1.54. The Bertz CT molecular complexity index is 1270. The largest absolute Gasteiger partial charge is 0.355 e. The lowest BCUT2D eigenvalue weighted by molar-refractivity contribution is -0.118. The number of hydrogen-bond donors (Lipinski definition) is 2. The van der Waals surface area contributed by atoms with E-state index < -0.39 is 0 Å². The number of para-hydroxylation sites is 1. The van der Waals surface area contributed by atoms with E-state index in [0.717, 1.165) is 27.8 Å². The summed E-state index contributed by atoms with van der Waals surface area (Å²) in [5.74, 6) is 0.340. The van der Waals surface area contributed by atoms with Gasteiger partial charge in [-0.25, -0.2) is 0 Å². The fraction of sp³-hybridized carbons (Fsp3) is 0.214. The Morgan fingerprint density at radius 3 is 2.41 bits per heavy atom. The summed E-state index contributed by atoms with van der Waals surface area (Å²) in [6, 6.07) is 25.9.